The van der Waals surface area contributed by atoms with Crippen LogP contribution in [-0.2, 0) is 16.1 Å². The summed E-state index contributed by atoms with van der Waals surface area (Å²) in [6.45, 7) is 2.35. The summed E-state index contributed by atoms with van der Waals surface area (Å²) in [6.07, 6.45) is 3.22. The van der Waals surface area contributed by atoms with Crippen LogP contribution in [0.3, 0.4) is 0 Å². The van der Waals surface area contributed by atoms with E-state index in [4.69, 9.17) is 4.74 Å². The minimum Gasteiger partial charge on any atom is -0.494 e. The van der Waals surface area contributed by atoms with Gasteiger partial charge < -0.3 is 19.9 Å². The highest BCUT2D eigenvalue weighted by molar-refractivity contribution is 6.11. The zero-order valence-electron chi connectivity index (χ0n) is 19.5. The smallest absolute Gasteiger partial charge is 0.266 e. The van der Waals surface area contributed by atoms with E-state index in [1.165, 1.54) is 30.3 Å². The highest BCUT2D eigenvalue weighted by Crippen LogP contribution is 2.25. The first-order valence-corrected chi connectivity index (χ1v) is 11.3. The molecule has 4 aromatic rings. The van der Waals surface area contributed by atoms with Crippen LogP contribution < -0.4 is 15.4 Å². The Labute approximate surface area is 207 Å². The number of aromatic nitrogens is 1. The van der Waals surface area contributed by atoms with Crippen molar-refractivity contribution >= 4 is 40.2 Å². The van der Waals surface area contributed by atoms with Gasteiger partial charge in [-0.05, 0) is 55.5 Å². The molecule has 2 amide bonds. The van der Waals surface area contributed by atoms with Gasteiger partial charge in [-0.3, -0.25) is 9.59 Å². The van der Waals surface area contributed by atoms with Gasteiger partial charge >= 0.3 is 0 Å². The van der Waals surface area contributed by atoms with Gasteiger partial charge in [0.05, 0.1) is 6.61 Å². The topological polar surface area (TPSA) is 96.2 Å². The minimum atomic E-state index is -0.558. The fourth-order valence-corrected chi connectivity index (χ4v) is 3.74. The van der Waals surface area contributed by atoms with E-state index in [1.807, 2.05) is 37.3 Å². The molecule has 4 rings (SSSR count). The Hall–Kier alpha value is -4.90. The number of fused-ring (bicyclic) bond motifs is 1. The van der Waals surface area contributed by atoms with Crippen LogP contribution in [0.15, 0.2) is 84.6 Å². The zero-order chi connectivity index (χ0) is 25.5. The summed E-state index contributed by atoms with van der Waals surface area (Å²) in [5, 5.41) is 15.9. The van der Waals surface area contributed by atoms with Gasteiger partial charge in [0.2, 0.25) is 5.91 Å². The standard InChI is InChI=1S/C28H23FN4O3/c1-2-36-24-7-5-6-23(15-24)32-28(35)19(16-30)14-20-17-33(26-9-4-3-8-25(20)26)18-27(34)31-22-12-10-21(29)11-13-22/h3-15,17H,2,18H2,1H3,(H,31,34)(H,32,35)/b19-14+. The van der Waals surface area contributed by atoms with Crippen LogP contribution in [-0.4, -0.2) is 23.0 Å². The summed E-state index contributed by atoms with van der Waals surface area (Å²) in [6, 6.07) is 21.8. The molecule has 0 aliphatic carbocycles. The maximum absolute atomic E-state index is 13.1. The molecule has 0 aliphatic rings. The number of nitrogens with zero attached hydrogens (tertiary/aromatic N) is 2. The van der Waals surface area contributed by atoms with Crippen molar-refractivity contribution < 1.29 is 18.7 Å². The number of carbonyl (C=O) groups is 2. The van der Waals surface area contributed by atoms with Gasteiger partial charge in [-0.2, -0.15) is 5.26 Å². The molecule has 0 radical (unpaired) electrons. The second kappa shape index (κ2) is 11.0. The molecule has 2 N–H and O–H groups in total. The molecular formula is C28H23FN4O3. The number of hydrogen-bond donors (Lipinski definition) is 2. The molecule has 8 heteroatoms. The predicted octanol–water partition coefficient (Wildman–Crippen LogP) is 5.36. The number of nitrogens with one attached hydrogen (secondary N) is 2. The van der Waals surface area contributed by atoms with Crippen molar-refractivity contribution in [2.75, 3.05) is 17.2 Å². The van der Waals surface area contributed by atoms with Gasteiger partial charge in [0, 0.05) is 40.1 Å². The predicted molar refractivity (Wildman–Crippen MR) is 137 cm³/mol. The Balaban J connectivity index is 1.57. The third kappa shape index (κ3) is 5.77. The lowest BCUT2D eigenvalue weighted by Gasteiger charge is -2.07. The molecule has 3 aromatic carbocycles. The highest BCUT2D eigenvalue weighted by atomic mass is 19.1. The van der Waals surface area contributed by atoms with Crippen molar-refractivity contribution in [2.24, 2.45) is 0 Å². The number of hydrogen-bond acceptors (Lipinski definition) is 4. The van der Waals surface area contributed by atoms with Crippen molar-refractivity contribution in [2.45, 2.75) is 13.5 Å². The van der Waals surface area contributed by atoms with E-state index >= 15 is 0 Å². The Morgan fingerprint density at radius 1 is 1.03 bits per heavy atom. The number of rotatable bonds is 8. The Bertz CT molecular complexity index is 1480. The summed E-state index contributed by atoms with van der Waals surface area (Å²) < 4.78 is 20.3. The number of nitriles is 1. The molecule has 0 spiro atoms. The zero-order valence-corrected chi connectivity index (χ0v) is 19.5. The quantitative estimate of drug-likeness (QED) is 0.261. The van der Waals surface area contributed by atoms with Crippen LogP contribution >= 0.6 is 0 Å². The van der Waals surface area contributed by atoms with Gasteiger partial charge in [0.15, 0.2) is 0 Å². The van der Waals surface area contributed by atoms with Crippen LogP contribution in [0.4, 0.5) is 15.8 Å². The van der Waals surface area contributed by atoms with Crippen LogP contribution in [0.2, 0.25) is 0 Å². The van der Waals surface area contributed by atoms with Crippen LogP contribution in [0.5, 0.6) is 5.75 Å². The third-order valence-electron chi connectivity index (χ3n) is 5.33. The van der Waals surface area contributed by atoms with Crippen LogP contribution in [0, 0.1) is 17.1 Å². The first-order chi connectivity index (χ1) is 17.5. The number of benzene rings is 3. The molecule has 0 bridgehead atoms. The maximum atomic E-state index is 13.1. The van der Waals surface area contributed by atoms with Crippen molar-refractivity contribution in [1.29, 1.82) is 5.26 Å². The number of carbonyl (C=O) groups excluding carboxylic acids is 2. The summed E-state index contributed by atoms with van der Waals surface area (Å²) in [5.41, 5.74) is 2.28. The lowest BCUT2D eigenvalue weighted by atomic mass is 10.1. The summed E-state index contributed by atoms with van der Waals surface area (Å²) >= 11 is 0. The van der Waals surface area contributed by atoms with E-state index in [-0.39, 0.29) is 23.8 Å². The Kier molecular flexibility index (Phi) is 7.42. The number of ether oxygens (including phenoxy) is 1. The number of para-hydroxylation sites is 1. The molecule has 0 unspecified atom stereocenters. The molecule has 7 nitrogen and oxygen atoms in total. The average molecular weight is 483 g/mol. The average Bonchev–Trinajstić information content (AvgIpc) is 3.21. The number of amides is 2. The molecule has 0 fully saturated rings. The molecule has 36 heavy (non-hydrogen) atoms. The van der Waals surface area contributed by atoms with Crippen molar-refractivity contribution in [3.8, 4) is 11.8 Å². The molecule has 0 aliphatic heterocycles. The first kappa shape index (κ1) is 24.2. The van der Waals surface area contributed by atoms with Gasteiger partial charge in [-0.1, -0.05) is 24.3 Å². The van der Waals surface area contributed by atoms with E-state index < -0.39 is 5.91 Å². The normalized spacial score (nSPS) is 11.1. The molecule has 180 valence electrons. The molecule has 0 atom stereocenters. The number of halogens is 1. The molecule has 0 saturated heterocycles. The minimum absolute atomic E-state index is 0.00989. The monoisotopic (exact) mass is 482 g/mol. The first-order valence-electron chi connectivity index (χ1n) is 11.3. The summed E-state index contributed by atoms with van der Waals surface area (Å²) in [7, 11) is 0. The molecule has 0 saturated carbocycles. The number of anilines is 2. The Morgan fingerprint density at radius 3 is 2.56 bits per heavy atom. The molecule has 1 heterocycles. The van der Waals surface area contributed by atoms with Gasteiger partial charge in [0.1, 0.15) is 29.8 Å². The van der Waals surface area contributed by atoms with Crippen LogP contribution in [0.25, 0.3) is 17.0 Å². The van der Waals surface area contributed by atoms with E-state index in [2.05, 4.69) is 10.6 Å². The highest BCUT2D eigenvalue weighted by Gasteiger charge is 2.14. The molecular weight excluding hydrogens is 459 g/mol. The fourth-order valence-electron chi connectivity index (χ4n) is 3.74. The Morgan fingerprint density at radius 2 is 1.81 bits per heavy atom. The molecule has 1 aromatic heterocycles. The van der Waals surface area contributed by atoms with E-state index in [1.54, 1.807) is 35.0 Å². The van der Waals surface area contributed by atoms with Gasteiger partial charge in [-0.15, -0.1) is 0 Å². The van der Waals surface area contributed by atoms with E-state index in [9.17, 15) is 19.2 Å². The lowest BCUT2D eigenvalue weighted by Crippen LogP contribution is -2.18. The SMILES string of the molecule is CCOc1cccc(NC(=O)/C(C#N)=C/c2cn(CC(=O)Nc3ccc(F)cc3)c3ccccc23)c1. The van der Waals surface area contributed by atoms with Gasteiger partial charge in [0.25, 0.3) is 5.91 Å². The summed E-state index contributed by atoms with van der Waals surface area (Å²) in [5.74, 6) is -0.637. The maximum Gasteiger partial charge on any atom is 0.266 e. The van der Waals surface area contributed by atoms with Crippen molar-refractivity contribution in [1.82, 2.24) is 4.57 Å². The lowest BCUT2D eigenvalue weighted by molar-refractivity contribution is -0.116. The van der Waals surface area contributed by atoms with Gasteiger partial charge in [-0.25, -0.2) is 4.39 Å². The second-order valence-electron chi connectivity index (χ2n) is 7.87. The van der Waals surface area contributed by atoms with Crippen molar-refractivity contribution in [3.05, 3.63) is 95.9 Å². The fraction of sp³-hybridized carbons (Fsp3) is 0.107. The summed E-state index contributed by atoms with van der Waals surface area (Å²) in [4.78, 5) is 25.4. The van der Waals surface area contributed by atoms with E-state index in [0.717, 1.165) is 10.9 Å². The van der Waals surface area contributed by atoms with E-state index in [0.29, 0.717) is 29.3 Å². The van der Waals surface area contributed by atoms with Crippen molar-refractivity contribution in [3.63, 3.8) is 0 Å². The largest absolute Gasteiger partial charge is 0.494 e. The van der Waals surface area contributed by atoms with Crippen LogP contribution in [0.1, 0.15) is 12.5 Å². The third-order valence-corrected chi connectivity index (χ3v) is 5.33. The second-order valence-corrected chi connectivity index (χ2v) is 7.87.